The van der Waals surface area contributed by atoms with Gasteiger partial charge in [0.1, 0.15) is 27.9 Å². The Hall–Kier alpha value is -3.96. The minimum atomic E-state index is -4.78. The number of hydrogen-bond acceptors (Lipinski definition) is 11. The summed E-state index contributed by atoms with van der Waals surface area (Å²) in [7, 11) is -9.53. The lowest BCUT2D eigenvalue weighted by atomic mass is 10.1. The molecule has 1 fully saturated rings. The number of rotatable bonds is 10. The number of benzene rings is 3. The number of morpholine rings is 1. The maximum atomic E-state index is 11.3. The first-order valence-electron chi connectivity index (χ1n) is 13.7. The van der Waals surface area contributed by atoms with Gasteiger partial charge in [-0.3, -0.25) is 23.8 Å². The summed E-state index contributed by atoms with van der Waals surface area (Å²) in [6, 6.07) is 17.0. The number of nitrogens with zero attached hydrogens (tertiary/aromatic N) is 2. The summed E-state index contributed by atoms with van der Waals surface area (Å²) in [6.07, 6.45) is 2.85. The molecule has 1 aliphatic rings. The molecule has 0 amide bonds. The molecule has 1 saturated heterocycles. The van der Waals surface area contributed by atoms with E-state index in [1.165, 1.54) is 24.3 Å². The first-order valence-corrected chi connectivity index (χ1v) is 16.5. The van der Waals surface area contributed by atoms with Crippen molar-refractivity contribution in [3.63, 3.8) is 0 Å². The molecule has 13 nitrogen and oxygen atoms in total. The molecule has 1 aromatic heterocycles. The highest BCUT2D eigenvalue weighted by molar-refractivity contribution is 7.89. The standard InChI is InChI=1S/C20H24N2O5.C10H8O6S2/c23-9-6-18-15(3-2-7-21-18)11-22-8-10-26-13-16(22)14-27-20-5-1-4-19(25)17(20)12-24;11-17(12,13)9-6-5-7-3-1-2-4-8(7)10(9)18(14,15)16/h1-5,7,12,16,23,25H,6,8-11,13-14H2;1-6H,(H,11,12,13)(H,14,15,16)/t16-;/m0./s1. The Bertz CT molecular complexity index is 1870. The normalized spacial score (nSPS) is 15.7. The molecule has 0 aliphatic carbocycles. The van der Waals surface area contributed by atoms with Crippen molar-refractivity contribution in [1.29, 1.82) is 0 Å². The van der Waals surface area contributed by atoms with E-state index < -0.39 is 30.0 Å². The molecule has 4 aromatic rings. The molecular formula is C30H32N2O11S2. The Labute approximate surface area is 260 Å². The van der Waals surface area contributed by atoms with Gasteiger partial charge in [0.15, 0.2) is 6.29 Å². The maximum absolute atomic E-state index is 11.3. The van der Waals surface area contributed by atoms with Crippen LogP contribution in [0.15, 0.2) is 82.7 Å². The Morgan fingerprint density at radius 3 is 2.47 bits per heavy atom. The van der Waals surface area contributed by atoms with Crippen LogP contribution in [0.4, 0.5) is 0 Å². The third kappa shape index (κ3) is 8.61. The number of fused-ring (bicyclic) bond motifs is 1. The van der Waals surface area contributed by atoms with Crippen molar-refractivity contribution >= 4 is 37.3 Å². The number of phenolic OH excluding ortho intramolecular Hbond substituents is 1. The zero-order chi connectivity index (χ0) is 32.6. The van der Waals surface area contributed by atoms with Crippen LogP contribution in [0.5, 0.6) is 11.5 Å². The summed E-state index contributed by atoms with van der Waals surface area (Å²) in [4.78, 5) is 16.2. The molecular weight excluding hydrogens is 628 g/mol. The Morgan fingerprint density at radius 2 is 1.76 bits per heavy atom. The van der Waals surface area contributed by atoms with Crippen LogP contribution in [0, 0.1) is 0 Å². The molecule has 0 unspecified atom stereocenters. The highest BCUT2D eigenvalue weighted by Crippen LogP contribution is 2.30. The second kappa shape index (κ2) is 14.9. The lowest BCUT2D eigenvalue weighted by Gasteiger charge is -2.35. The van der Waals surface area contributed by atoms with Gasteiger partial charge in [0.05, 0.1) is 24.8 Å². The number of pyridine rings is 1. The summed E-state index contributed by atoms with van der Waals surface area (Å²) in [6.45, 7) is 2.98. The largest absolute Gasteiger partial charge is 0.507 e. The summed E-state index contributed by atoms with van der Waals surface area (Å²) in [5.74, 6) is 0.265. The van der Waals surface area contributed by atoms with Gasteiger partial charge in [0, 0.05) is 43.4 Å². The van der Waals surface area contributed by atoms with Gasteiger partial charge in [-0.25, -0.2) is 0 Å². The van der Waals surface area contributed by atoms with Crippen molar-refractivity contribution in [2.45, 2.75) is 28.8 Å². The Kier molecular flexibility index (Phi) is 11.2. The van der Waals surface area contributed by atoms with E-state index in [4.69, 9.17) is 18.6 Å². The Morgan fingerprint density at radius 1 is 0.978 bits per heavy atom. The van der Waals surface area contributed by atoms with Crippen molar-refractivity contribution < 1.29 is 50.4 Å². The van der Waals surface area contributed by atoms with E-state index in [9.17, 15) is 31.8 Å². The Balaban J connectivity index is 0.000000222. The third-order valence-electron chi connectivity index (χ3n) is 7.03. The fraction of sp³-hybridized carbons (Fsp3) is 0.267. The number of aldehydes is 1. The van der Waals surface area contributed by atoms with Crippen LogP contribution in [0.1, 0.15) is 21.6 Å². The van der Waals surface area contributed by atoms with Crippen LogP contribution in [0.25, 0.3) is 10.8 Å². The lowest BCUT2D eigenvalue weighted by Crippen LogP contribution is -2.48. The maximum Gasteiger partial charge on any atom is 0.296 e. The third-order valence-corrected chi connectivity index (χ3v) is 9.01. The molecule has 0 spiro atoms. The predicted molar refractivity (Wildman–Crippen MR) is 163 cm³/mol. The van der Waals surface area contributed by atoms with Crippen LogP contribution in [-0.4, -0.2) is 91.3 Å². The van der Waals surface area contributed by atoms with Gasteiger partial charge in [0.2, 0.25) is 0 Å². The van der Waals surface area contributed by atoms with Crippen LogP contribution in [0.3, 0.4) is 0 Å². The summed E-state index contributed by atoms with van der Waals surface area (Å²) in [5, 5.41) is 19.5. The van der Waals surface area contributed by atoms with Gasteiger partial charge in [-0.1, -0.05) is 42.5 Å². The zero-order valence-electron chi connectivity index (χ0n) is 23.9. The second-order valence-corrected chi connectivity index (χ2v) is 12.7. The van der Waals surface area contributed by atoms with Crippen molar-refractivity contribution in [1.82, 2.24) is 9.88 Å². The molecule has 0 saturated carbocycles. The van der Waals surface area contributed by atoms with Crippen molar-refractivity contribution in [2.24, 2.45) is 0 Å². The van der Waals surface area contributed by atoms with Crippen LogP contribution in [-0.2, 0) is 37.9 Å². The number of aliphatic hydroxyl groups is 1. The fourth-order valence-corrected chi connectivity index (χ4v) is 6.87. The molecule has 0 radical (unpaired) electrons. The minimum absolute atomic E-state index is 0.00258. The molecule has 0 bridgehead atoms. The monoisotopic (exact) mass is 660 g/mol. The number of aliphatic hydroxyl groups excluding tert-OH is 1. The second-order valence-electron chi connectivity index (χ2n) is 9.96. The first kappa shape index (κ1) is 33.9. The van der Waals surface area contributed by atoms with E-state index in [2.05, 4.69) is 9.88 Å². The van der Waals surface area contributed by atoms with E-state index in [0.717, 1.165) is 23.9 Å². The molecule has 240 valence electrons. The average Bonchev–Trinajstić information content (AvgIpc) is 3.00. The fourth-order valence-electron chi connectivity index (χ4n) is 4.87. The van der Waals surface area contributed by atoms with Crippen LogP contribution >= 0.6 is 0 Å². The van der Waals surface area contributed by atoms with E-state index in [-0.39, 0.29) is 29.3 Å². The highest BCUT2D eigenvalue weighted by Gasteiger charge is 2.27. The van der Waals surface area contributed by atoms with Gasteiger partial charge in [-0.15, -0.1) is 0 Å². The van der Waals surface area contributed by atoms with E-state index in [1.54, 1.807) is 30.5 Å². The van der Waals surface area contributed by atoms with Gasteiger partial charge in [0.25, 0.3) is 20.2 Å². The lowest BCUT2D eigenvalue weighted by molar-refractivity contribution is -0.0276. The topological polar surface area (TPSA) is 201 Å². The SMILES string of the molecule is O=Cc1c(O)cccc1OC[C@@H]1COCCN1Cc1cccnc1CCO.O=S(=O)(O)c1ccc2ccccc2c1S(=O)(=O)O. The number of carbonyl (C=O) groups is 1. The van der Waals surface area contributed by atoms with E-state index in [1.807, 2.05) is 12.1 Å². The number of phenols is 1. The van der Waals surface area contributed by atoms with Crippen molar-refractivity contribution in [2.75, 3.05) is 33.0 Å². The molecule has 1 atom stereocenters. The van der Waals surface area contributed by atoms with Gasteiger partial charge in [-0.2, -0.15) is 16.8 Å². The number of aromatic hydroxyl groups is 1. The van der Waals surface area contributed by atoms with E-state index >= 15 is 0 Å². The number of aromatic nitrogens is 1. The van der Waals surface area contributed by atoms with Crippen molar-refractivity contribution in [3.8, 4) is 11.5 Å². The first-order chi connectivity index (χ1) is 21.4. The molecule has 4 N–H and O–H groups in total. The van der Waals surface area contributed by atoms with Gasteiger partial charge >= 0.3 is 0 Å². The number of ether oxygens (including phenoxy) is 2. The quantitative estimate of drug-likeness (QED) is 0.143. The minimum Gasteiger partial charge on any atom is -0.507 e. The molecule has 3 aromatic carbocycles. The summed E-state index contributed by atoms with van der Waals surface area (Å²) < 4.78 is 74.4. The molecule has 45 heavy (non-hydrogen) atoms. The summed E-state index contributed by atoms with van der Waals surface area (Å²) >= 11 is 0. The molecule has 15 heteroatoms. The molecule has 2 heterocycles. The number of hydrogen-bond donors (Lipinski definition) is 4. The summed E-state index contributed by atoms with van der Waals surface area (Å²) in [5.41, 5.74) is 2.12. The predicted octanol–water partition coefficient (Wildman–Crippen LogP) is 2.75. The number of carbonyl (C=O) groups excluding carboxylic acids is 1. The van der Waals surface area contributed by atoms with Gasteiger partial charge in [-0.05, 0) is 35.2 Å². The molecule has 5 rings (SSSR count). The molecule has 1 aliphatic heterocycles. The van der Waals surface area contributed by atoms with Gasteiger partial charge < -0.3 is 19.7 Å². The zero-order valence-corrected chi connectivity index (χ0v) is 25.5. The highest BCUT2D eigenvalue weighted by atomic mass is 32.2. The average molecular weight is 661 g/mol. The smallest absolute Gasteiger partial charge is 0.296 e. The van der Waals surface area contributed by atoms with Crippen LogP contribution in [0.2, 0.25) is 0 Å². The van der Waals surface area contributed by atoms with Crippen LogP contribution < -0.4 is 4.74 Å². The van der Waals surface area contributed by atoms with Crippen molar-refractivity contribution in [3.05, 3.63) is 89.7 Å². The van der Waals surface area contributed by atoms with E-state index in [0.29, 0.717) is 50.2 Å².